The van der Waals surface area contributed by atoms with Gasteiger partial charge in [0.05, 0.1) is 11.1 Å². The van der Waals surface area contributed by atoms with Crippen LogP contribution in [-0.2, 0) is 9.59 Å². The Morgan fingerprint density at radius 3 is 1.43 bits per heavy atom. The molecule has 4 atom stereocenters. The van der Waals surface area contributed by atoms with Crippen molar-refractivity contribution in [3.63, 3.8) is 0 Å². The van der Waals surface area contributed by atoms with Crippen LogP contribution in [0.4, 0.5) is 0 Å². The molecule has 0 spiro atoms. The highest BCUT2D eigenvalue weighted by Crippen LogP contribution is 2.33. The molecule has 0 saturated heterocycles. The lowest BCUT2D eigenvalue weighted by Gasteiger charge is -2.32. The van der Waals surface area contributed by atoms with Gasteiger partial charge in [-0.1, -0.05) is 168 Å². The Morgan fingerprint density at radius 1 is 0.566 bits per heavy atom. The fraction of sp³-hybridized carbons (Fsp3) is 0.609. The van der Waals surface area contributed by atoms with Crippen LogP contribution < -0.4 is 10.6 Å². The maximum atomic E-state index is 14.1. The number of nitrogens with one attached hydrogen (secondary N) is 2. The summed E-state index contributed by atoms with van der Waals surface area (Å²) in [4.78, 5) is 56.6. The van der Waals surface area contributed by atoms with Crippen LogP contribution in [0.3, 0.4) is 0 Å². The number of carbonyl (C=O) groups is 4. The number of hydrogen-bond acceptors (Lipinski definition) is 4. The molecule has 3 aromatic carbocycles. The van der Waals surface area contributed by atoms with E-state index in [0.717, 1.165) is 39.3 Å². The van der Waals surface area contributed by atoms with E-state index in [2.05, 4.69) is 17.6 Å². The molecule has 0 bridgehead atoms. The van der Waals surface area contributed by atoms with Gasteiger partial charge in [-0.3, -0.25) is 24.1 Å². The predicted molar refractivity (Wildman–Crippen MR) is 219 cm³/mol. The van der Waals surface area contributed by atoms with Gasteiger partial charge in [0.25, 0.3) is 11.8 Å². The summed E-state index contributed by atoms with van der Waals surface area (Å²) in [6.45, 7) is 10.6. The molecule has 0 aromatic heterocycles. The van der Waals surface area contributed by atoms with Crippen LogP contribution in [0.25, 0.3) is 21.5 Å². The minimum absolute atomic E-state index is 0.121. The second kappa shape index (κ2) is 21.8. The van der Waals surface area contributed by atoms with Gasteiger partial charge in [0, 0.05) is 6.54 Å². The molecular weight excluding hydrogens is 659 g/mol. The molecular formula is C46H67N3O4. The molecule has 53 heavy (non-hydrogen) atoms. The molecule has 0 saturated carbocycles. The first-order chi connectivity index (χ1) is 25.7. The van der Waals surface area contributed by atoms with Crippen LogP contribution in [0.2, 0.25) is 0 Å². The molecule has 1 heterocycles. The highest BCUT2D eigenvalue weighted by Gasteiger charge is 2.45. The first-order valence-electron chi connectivity index (χ1n) is 21.1. The van der Waals surface area contributed by atoms with Crippen molar-refractivity contribution in [2.45, 2.75) is 162 Å². The highest BCUT2D eigenvalue weighted by atomic mass is 16.2. The Bertz CT molecular complexity index is 1580. The number of rotatable bonds is 25. The topological polar surface area (TPSA) is 95.6 Å². The van der Waals surface area contributed by atoms with Crippen molar-refractivity contribution in [1.82, 2.24) is 15.5 Å². The van der Waals surface area contributed by atoms with E-state index in [-0.39, 0.29) is 17.7 Å². The standard InChI is InChI=1S/C46H67N3O4/c1-6-9-10-11-12-13-14-15-16-17-18-19-20-21-22-25-28-47-43(50)41(33(4)7-2)48-44(51)42(34(5)8-3)49-45(52)39-31-37-29-35-26-23-24-27-36(35)30-38(37)32-40(39)46(49)53/h23-24,26-27,29-34,41-42H,6-22,25,28H2,1-5H3,(H,47,50)(H,48,51)/t33-,34-,41-,42+/m0/s1. The van der Waals surface area contributed by atoms with Crippen LogP contribution in [0, 0.1) is 11.8 Å². The van der Waals surface area contributed by atoms with Gasteiger partial charge in [-0.15, -0.1) is 0 Å². The van der Waals surface area contributed by atoms with Crippen LogP contribution in [-0.4, -0.2) is 47.2 Å². The summed E-state index contributed by atoms with van der Waals surface area (Å²) in [7, 11) is 0. The van der Waals surface area contributed by atoms with Crippen LogP contribution in [0.15, 0.2) is 48.5 Å². The summed E-state index contributed by atoms with van der Waals surface area (Å²) in [5, 5.41) is 9.90. The maximum absolute atomic E-state index is 14.1. The Morgan fingerprint density at radius 2 is 1.00 bits per heavy atom. The minimum atomic E-state index is -1.03. The average molecular weight is 726 g/mol. The van der Waals surface area contributed by atoms with Gasteiger partial charge in [-0.2, -0.15) is 0 Å². The second-order valence-electron chi connectivity index (χ2n) is 15.7. The number of amides is 4. The van der Waals surface area contributed by atoms with Gasteiger partial charge in [0.1, 0.15) is 12.1 Å². The van der Waals surface area contributed by atoms with Crippen LogP contribution in [0.1, 0.15) is 171 Å². The highest BCUT2D eigenvalue weighted by molar-refractivity contribution is 6.25. The van der Waals surface area contributed by atoms with E-state index in [1.165, 1.54) is 89.9 Å². The minimum Gasteiger partial charge on any atom is -0.354 e. The lowest BCUT2D eigenvalue weighted by atomic mass is 9.94. The summed E-state index contributed by atoms with van der Waals surface area (Å²) in [6, 6.07) is 13.8. The number of fused-ring (bicyclic) bond motifs is 3. The lowest BCUT2D eigenvalue weighted by Crippen LogP contribution is -2.58. The fourth-order valence-electron chi connectivity index (χ4n) is 7.74. The molecule has 4 rings (SSSR count). The smallest absolute Gasteiger partial charge is 0.262 e. The van der Waals surface area contributed by atoms with Gasteiger partial charge in [0.15, 0.2) is 0 Å². The molecule has 1 aliphatic rings. The molecule has 290 valence electrons. The normalized spacial score (nSPS) is 15.1. The number of benzene rings is 3. The molecule has 4 amide bonds. The number of imide groups is 1. The number of hydrogen-bond donors (Lipinski definition) is 2. The van der Waals surface area contributed by atoms with Crippen molar-refractivity contribution in [1.29, 1.82) is 0 Å². The second-order valence-corrected chi connectivity index (χ2v) is 15.7. The van der Waals surface area contributed by atoms with Gasteiger partial charge in [0.2, 0.25) is 11.8 Å². The maximum Gasteiger partial charge on any atom is 0.262 e. The van der Waals surface area contributed by atoms with Crippen molar-refractivity contribution in [3.05, 3.63) is 59.7 Å². The first-order valence-corrected chi connectivity index (χ1v) is 21.1. The van der Waals surface area contributed by atoms with Crippen molar-refractivity contribution in [2.75, 3.05) is 6.54 Å². The third-order valence-corrected chi connectivity index (χ3v) is 11.6. The molecule has 0 unspecified atom stereocenters. The zero-order valence-electron chi connectivity index (χ0n) is 33.4. The van der Waals surface area contributed by atoms with Crippen molar-refractivity contribution in [2.24, 2.45) is 11.8 Å². The molecule has 2 N–H and O–H groups in total. The monoisotopic (exact) mass is 726 g/mol. The average Bonchev–Trinajstić information content (AvgIpc) is 3.39. The number of carbonyl (C=O) groups excluding carboxylic acids is 4. The molecule has 1 aliphatic heterocycles. The summed E-state index contributed by atoms with van der Waals surface area (Å²) in [5.41, 5.74) is 0.628. The van der Waals surface area contributed by atoms with E-state index in [1.807, 2.05) is 64.1 Å². The van der Waals surface area contributed by atoms with E-state index in [4.69, 9.17) is 0 Å². The number of nitrogens with zero attached hydrogens (tertiary/aromatic N) is 1. The zero-order chi connectivity index (χ0) is 38.2. The summed E-state index contributed by atoms with van der Waals surface area (Å²) in [6.07, 6.45) is 22.0. The first kappa shape index (κ1) is 42.0. The van der Waals surface area contributed by atoms with Gasteiger partial charge in [-0.25, -0.2) is 0 Å². The number of unbranched alkanes of at least 4 members (excludes halogenated alkanes) is 15. The third kappa shape index (κ3) is 11.6. The Hall–Kier alpha value is -3.74. The molecule has 0 radical (unpaired) electrons. The molecule has 0 aliphatic carbocycles. The van der Waals surface area contributed by atoms with E-state index >= 15 is 0 Å². The van der Waals surface area contributed by atoms with Crippen molar-refractivity contribution >= 4 is 45.2 Å². The zero-order valence-corrected chi connectivity index (χ0v) is 33.4. The SMILES string of the molecule is CCCCCCCCCCCCCCCCCCNC(=O)[C@@H](NC(=O)[C@@H]([C@@H](C)CC)N1C(=O)c2cc3cc4ccccc4cc3cc2C1=O)[C@@H](C)CC. The summed E-state index contributed by atoms with van der Waals surface area (Å²) >= 11 is 0. The van der Waals surface area contributed by atoms with E-state index in [1.54, 1.807) is 12.1 Å². The Labute approximate surface area is 319 Å². The molecule has 0 fully saturated rings. The Kier molecular flexibility index (Phi) is 17.3. The quantitative estimate of drug-likeness (QED) is 0.0516. The Balaban J connectivity index is 1.25. The van der Waals surface area contributed by atoms with E-state index in [0.29, 0.717) is 30.5 Å². The molecule has 7 heteroatoms. The molecule has 7 nitrogen and oxygen atoms in total. The van der Waals surface area contributed by atoms with Crippen molar-refractivity contribution < 1.29 is 19.2 Å². The van der Waals surface area contributed by atoms with Gasteiger partial charge < -0.3 is 10.6 Å². The van der Waals surface area contributed by atoms with Crippen molar-refractivity contribution in [3.8, 4) is 0 Å². The van der Waals surface area contributed by atoms with Crippen LogP contribution >= 0.6 is 0 Å². The van der Waals surface area contributed by atoms with E-state index in [9.17, 15) is 19.2 Å². The van der Waals surface area contributed by atoms with Gasteiger partial charge >= 0.3 is 0 Å². The van der Waals surface area contributed by atoms with Gasteiger partial charge in [-0.05, 0) is 64.1 Å². The largest absolute Gasteiger partial charge is 0.354 e. The summed E-state index contributed by atoms with van der Waals surface area (Å²) < 4.78 is 0. The third-order valence-electron chi connectivity index (χ3n) is 11.6. The predicted octanol–water partition coefficient (Wildman–Crippen LogP) is 10.9. The fourth-order valence-corrected chi connectivity index (χ4v) is 7.74. The van der Waals surface area contributed by atoms with E-state index < -0.39 is 29.8 Å². The van der Waals surface area contributed by atoms with Crippen LogP contribution in [0.5, 0.6) is 0 Å². The summed E-state index contributed by atoms with van der Waals surface area (Å²) in [5.74, 6) is -2.03. The lowest BCUT2D eigenvalue weighted by molar-refractivity contribution is -0.133. The molecule has 3 aromatic rings.